The fourth-order valence-electron chi connectivity index (χ4n) is 4.03. The Morgan fingerprint density at radius 3 is 2.48 bits per heavy atom. The number of nitrogens with one attached hydrogen (secondary N) is 2. The van der Waals surface area contributed by atoms with E-state index >= 15 is 0 Å². The van der Waals surface area contributed by atoms with Crippen LogP contribution in [0.5, 0.6) is 0 Å². The summed E-state index contributed by atoms with van der Waals surface area (Å²) in [5, 5.41) is 12.4. The summed E-state index contributed by atoms with van der Waals surface area (Å²) >= 11 is 6.01. The predicted molar refractivity (Wildman–Crippen MR) is 153 cm³/mol. The lowest BCUT2D eigenvalue weighted by Crippen LogP contribution is -2.52. The maximum absolute atomic E-state index is 13.5. The van der Waals surface area contributed by atoms with Crippen molar-refractivity contribution in [2.24, 2.45) is 10.3 Å². The van der Waals surface area contributed by atoms with Gasteiger partial charge >= 0.3 is 0 Å². The molecule has 0 saturated carbocycles. The number of rotatable bonds is 10. The Kier molecular flexibility index (Phi) is 8.46. The number of sulfonamides is 2. The molecular formula is C25H27ClN6O6S2. The molecule has 6 N–H and O–H groups in total. The number of hydrogen-bond donors (Lipinski definition) is 4. The van der Waals surface area contributed by atoms with Crippen molar-refractivity contribution >= 4 is 54.8 Å². The van der Waals surface area contributed by atoms with E-state index in [9.17, 15) is 21.6 Å². The van der Waals surface area contributed by atoms with E-state index in [-0.39, 0.29) is 22.9 Å². The van der Waals surface area contributed by atoms with Crippen LogP contribution < -0.4 is 20.9 Å². The zero-order valence-corrected chi connectivity index (χ0v) is 23.7. The maximum atomic E-state index is 13.5. The zero-order valence-electron chi connectivity index (χ0n) is 21.3. The van der Waals surface area contributed by atoms with E-state index in [1.165, 1.54) is 18.3 Å². The fourth-order valence-corrected chi connectivity index (χ4v) is 6.04. The molecule has 1 aliphatic rings. The first-order valence-electron chi connectivity index (χ1n) is 12.0. The lowest BCUT2D eigenvalue weighted by atomic mass is 9.93. The first kappa shape index (κ1) is 29.4. The molecule has 212 valence electrons. The largest absolute Gasteiger partial charge is 0.398 e. The van der Waals surface area contributed by atoms with E-state index in [0.717, 1.165) is 0 Å². The Bertz CT molecular complexity index is 1680. The van der Waals surface area contributed by atoms with Crippen LogP contribution in [-0.4, -0.2) is 51.3 Å². The molecule has 0 radical (unpaired) electrons. The van der Waals surface area contributed by atoms with Crippen molar-refractivity contribution in [3.8, 4) is 11.1 Å². The number of nitrogens with two attached hydrogens (primary N) is 2. The number of aromatic nitrogens is 1. The molecule has 0 bridgehead atoms. The minimum atomic E-state index is -3.98. The number of nitrogen functional groups attached to an aromatic ring is 1. The summed E-state index contributed by atoms with van der Waals surface area (Å²) in [6, 6.07) is 14.0. The molecule has 1 aliphatic heterocycles. The summed E-state index contributed by atoms with van der Waals surface area (Å²) in [5.74, 6) is -0.710. The van der Waals surface area contributed by atoms with E-state index in [1.54, 1.807) is 49.4 Å². The lowest BCUT2D eigenvalue weighted by Gasteiger charge is -2.25. The summed E-state index contributed by atoms with van der Waals surface area (Å²) in [4.78, 5) is 23.3. The predicted octanol–water partition coefficient (Wildman–Crippen LogP) is 2.46. The van der Waals surface area contributed by atoms with E-state index < -0.39 is 38.1 Å². The van der Waals surface area contributed by atoms with Crippen LogP contribution in [0.25, 0.3) is 11.1 Å². The average molecular weight is 607 g/mol. The van der Waals surface area contributed by atoms with Crippen molar-refractivity contribution in [1.82, 2.24) is 9.71 Å². The van der Waals surface area contributed by atoms with Gasteiger partial charge in [-0.3, -0.25) is 4.79 Å². The maximum Gasteiger partial charge on any atom is 0.274 e. The number of hydrogen-bond acceptors (Lipinski definition) is 9. The normalized spacial score (nSPS) is 17.2. The van der Waals surface area contributed by atoms with Gasteiger partial charge < -0.3 is 15.9 Å². The van der Waals surface area contributed by atoms with Crippen LogP contribution in [0.1, 0.15) is 25.3 Å². The number of nitrogens with zero attached hydrogens (tertiary/aromatic N) is 2. The monoisotopic (exact) mass is 606 g/mol. The van der Waals surface area contributed by atoms with Gasteiger partial charge in [0.2, 0.25) is 25.6 Å². The van der Waals surface area contributed by atoms with E-state index in [0.29, 0.717) is 39.5 Å². The number of anilines is 2. The van der Waals surface area contributed by atoms with Crippen LogP contribution in [0, 0.1) is 0 Å². The summed E-state index contributed by atoms with van der Waals surface area (Å²) in [7, 11) is -7.67. The van der Waals surface area contributed by atoms with Gasteiger partial charge in [-0.15, -0.1) is 0 Å². The first-order valence-corrected chi connectivity index (χ1v) is 15.6. The topological polar surface area (TPSA) is 196 Å². The summed E-state index contributed by atoms with van der Waals surface area (Å²) in [6.07, 6.45) is 1.69. The van der Waals surface area contributed by atoms with Crippen molar-refractivity contribution < 1.29 is 26.5 Å². The second-order valence-corrected chi connectivity index (χ2v) is 13.0. The summed E-state index contributed by atoms with van der Waals surface area (Å²) in [6.45, 7) is 1.33. The third-order valence-corrected chi connectivity index (χ3v) is 8.93. The Balaban J connectivity index is 1.59. The molecule has 40 heavy (non-hydrogen) atoms. The number of oxime groups is 1. The van der Waals surface area contributed by atoms with Crippen LogP contribution in [0.4, 0.5) is 11.5 Å². The quantitative estimate of drug-likeness (QED) is 0.252. The van der Waals surface area contributed by atoms with Crippen LogP contribution in [0.3, 0.4) is 0 Å². The van der Waals surface area contributed by atoms with Gasteiger partial charge in [-0.2, -0.15) is 0 Å². The molecule has 0 fully saturated rings. The Hall–Kier alpha value is -3.56. The number of carbonyl (C=O) groups excluding carboxylic acids is 1. The molecule has 0 spiro atoms. The second kappa shape index (κ2) is 11.5. The third kappa shape index (κ3) is 6.59. The van der Waals surface area contributed by atoms with Gasteiger partial charge in [0.15, 0.2) is 0 Å². The van der Waals surface area contributed by atoms with Gasteiger partial charge in [0, 0.05) is 29.3 Å². The van der Waals surface area contributed by atoms with Crippen molar-refractivity contribution in [3.63, 3.8) is 0 Å². The number of primary sulfonamides is 1. The van der Waals surface area contributed by atoms with Crippen LogP contribution >= 0.6 is 11.6 Å². The number of carbonyl (C=O) groups is 1. The molecule has 4 rings (SSSR count). The average Bonchev–Trinajstić information content (AvgIpc) is 3.35. The molecule has 2 aromatic carbocycles. The molecule has 0 saturated heterocycles. The number of halogens is 1. The second-order valence-electron chi connectivity index (χ2n) is 9.10. The molecule has 3 aromatic rings. The Labute approximate surface area is 236 Å². The molecule has 1 atom stereocenters. The van der Waals surface area contributed by atoms with E-state index in [1.807, 2.05) is 0 Å². The molecule has 15 heteroatoms. The number of pyridine rings is 1. The fraction of sp³-hybridized carbons (Fsp3) is 0.240. The summed E-state index contributed by atoms with van der Waals surface area (Å²) < 4.78 is 51.1. The van der Waals surface area contributed by atoms with Crippen LogP contribution in [0.15, 0.2) is 70.8 Å². The molecule has 0 aliphatic carbocycles. The minimum absolute atomic E-state index is 0.0706. The molecule has 12 nitrogen and oxygen atoms in total. The van der Waals surface area contributed by atoms with Gasteiger partial charge in [-0.1, -0.05) is 47.9 Å². The van der Waals surface area contributed by atoms with Crippen molar-refractivity contribution in [2.75, 3.05) is 23.3 Å². The standard InChI is InChI=1S/C25H27ClN6O6S2/c1-2-11-39(34,35)30-15-25(13-21(32-38-25)16-7-9-19(26)20(27)12-16)24(33)31-23-10-8-17(14-29-23)18-5-3-4-6-22(18)40(28,36)37/h3-10,12,14,30H,2,11,13,15,27H2,1H3,(H2,28,36,37)(H,29,31,33)/t25-/m0/s1. The number of benzene rings is 2. The minimum Gasteiger partial charge on any atom is -0.398 e. The van der Waals surface area contributed by atoms with Crippen molar-refractivity contribution in [3.05, 3.63) is 71.4 Å². The number of amides is 1. The summed E-state index contributed by atoms with van der Waals surface area (Å²) in [5.41, 5.74) is 6.21. The molecule has 2 heterocycles. The smallest absolute Gasteiger partial charge is 0.274 e. The third-order valence-electron chi connectivity index (χ3n) is 6.09. The van der Waals surface area contributed by atoms with E-state index in [4.69, 9.17) is 27.3 Å². The van der Waals surface area contributed by atoms with E-state index in [2.05, 4.69) is 20.2 Å². The molecule has 1 aromatic heterocycles. The van der Waals surface area contributed by atoms with Gasteiger partial charge in [-0.05, 0) is 36.8 Å². The molecule has 0 unspecified atom stereocenters. The van der Waals surface area contributed by atoms with Gasteiger partial charge in [0.1, 0.15) is 5.82 Å². The van der Waals surface area contributed by atoms with Gasteiger partial charge in [-0.25, -0.2) is 31.7 Å². The Morgan fingerprint density at radius 2 is 1.82 bits per heavy atom. The molecular weight excluding hydrogens is 580 g/mol. The highest BCUT2D eigenvalue weighted by atomic mass is 35.5. The van der Waals surface area contributed by atoms with Crippen molar-refractivity contribution in [2.45, 2.75) is 30.3 Å². The highest BCUT2D eigenvalue weighted by Crippen LogP contribution is 2.31. The van der Waals surface area contributed by atoms with Gasteiger partial charge in [0.25, 0.3) is 5.91 Å². The van der Waals surface area contributed by atoms with Crippen molar-refractivity contribution in [1.29, 1.82) is 0 Å². The SMILES string of the molecule is CCCS(=O)(=O)NC[C@]1(C(=O)Nc2ccc(-c3ccccc3S(N)(=O)=O)cn2)CC(c2ccc(Cl)c(N)c2)=NO1. The molecule has 1 amide bonds. The van der Waals surface area contributed by atoms with Gasteiger partial charge in [0.05, 0.1) is 33.6 Å². The lowest BCUT2D eigenvalue weighted by molar-refractivity contribution is -0.137. The Morgan fingerprint density at radius 1 is 1.10 bits per heavy atom. The van der Waals surface area contributed by atoms with Crippen LogP contribution in [0.2, 0.25) is 5.02 Å². The highest BCUT2D eigenvalue weighted by molar-refractivity contribution is 7.89. The first-order chi connectivity index (χ1) is 18.8. The highest BCUT2D eigenvalue weighted by Gasteiger charge is 2.48. The van der Waals surface area contributed by atoms with Crippen LogP contribution in [-0.2, 0) is 29.7 Å². The zero-order chi connectivity index (χ0) is 29.1.